The molecule has 1 saturated heterocycles. The molecule has 0 saturated carbocycles. The fourth-order valence-corrected chi connectivity index (χ4v) is 6.36. The highest BCUT2D eigenvalue weighted by molar-refractivity contribution is 5.95. The summed E-state index contributed by atoms with van der Waals surface area (Å²) in [6.45, 7) is 5.47. The van der Waals surface area contributed by atoms with Gasteiger partial charge in [0, 0.05) is 63.5 Å². The summed E-state index contributed by atoms with van der Waals surface area (Å²) in [5.74, 6) is -0.554. The van der Waals surface area contributed by atoms with Crippen LogP contribution in [0.2, 0.25) is 0 Å². The third-order valence-electron chi connectivity index (χ3n) is 9.35. The average Bonchev–Trinajstić information content (AvgIpc) is 3.17. The third kappa shape index (κ3) is 9.61. The normalized spacial score (nSPS) is 14.3. The van der Waals surface area contributed by atoms with Gasteiger partial charge < -0.3 is 9.80 Å². The van der Waals surface area contributed by atoms with E-state index in [9.17, 15) is 22.8 Å². The van der Waals surface area contributed by atoms with Crippen molar-refractivity contribution in [2.75, 3.05) is 26.2 Å². The summed E-state index contributed by atoms with van der Waals surface area (Å²) < 4.78 is 39.5. The molecule has 1 atom stereocenters. The van der Waals surface area contributed by atoms with Gasteiger partial charge in [0.2, 0.25) is 11.8 Å². The van der Waals surface area contributed by atoms with Crippen LogP contribution in [0.1, 0.15) is 33.4 Å². The molecule has 6 nitrogen and oxygen atoms in total. The number of carbonyl (C=O) groups excluding carboxylic acids is 2. The molecule has 0 bridgehead atoms. The van der Waals surface area contributed by atoms with Crippen molar-refractivity contribution in [3.8, 4) is 11.3 Å². The quantitative estimate of drug-likeness (QED) is 0.131. The Balaban J connectivity index is 1.27. The zero-order chi connectivity index (χ0) is 36.5. The zero-order valence-corrected chi connectivity index (χ0v) is 29.0. The number of alkyl halides is 3. The molecule has 1 aliphatic heterocycles. The lowest BCUT2D eigenvalue weighted by Gasteiger charge is -2.39. The van der Waals surface area contributed by atoms with Crippen molar-refractivity contribution in [3.05, 3.63) is 167 Å². The first kappa shape index (κ1) is 36.3. The second-order valence-electron chi connectivity index (χ2n) is 13.1. The van der Waals surface area contributed by atoms with Gasteiger partial charge in [-0.15, -0.1) is 0 Å². The number of carbonyl (C=O) groups is 2. The number of benzene rings is 4. The summed E-state index contributed by atoms with van der Waals surface area (Å²) in [6, 6.07) is 35.4. The van der Waals surface area contributed by atoms with Crippen molar-refractivity contribution in [1.29, 1.82) is 0 Å². The minimum absolute atomic E-state index is 0.139. The summed E-state index contributed by atoms with van der Waals surface area (Å²) in [4.78, 5) is 39.0. The molecule has 0 radical (unpaired) electrons. The van der Waals surface area contributed by atoms with Crippen LogP contribution in [0.15, 0.2) is 134 Å². The Morgan fingerprint density at radius 3 is 2.06 bits per heavy atom. The molecule has 0 unspecified atom stereocenters. The van der Waals surface area contributed by atoms with Crippen LogP contribution in [0.3, 0.4) is 0 Å². The molecule has 266 valence electrons. The van der Waals surface area contributed by atoms with Gasteiger partial charge in [-0.3, -0.25) is 19.5 Å². The summed E-state index contributed by atoms with van der Waals surface area (Å²) >= 11 is 0. The van der Waals surface area contributed by atoms with Gasteiger partial charge in [-0.1, -0.05) is 103 Å². The van der Waals surface area contributed by atoms with Crippen LogP contribution in [0, 0.1) is 6.92 Å². The Labute approximate surface area is 302 Å². The van der Waals surface area contributed by atoms with Crippen molar-refractivity contribution in [2.45, 2.75) is 38.7 Å². The monoisotopic (exact) mass is 702 g/mol. The van der Waals surface area contributed by atoms with E-state index in [4.69, 9.17) is 0 Å². The fourth-order valence-electron chi connectivity index (χ4n) is 6.36. The average molecular weight is 703 g/mol. The molecule has 0 N–H and O–H groups in total. The van der Waals surface area contributed by atoms with Gasteiger partial charge in [-0.25, -0.2) is 0 Å². The minimum atomic E-state index is -4.46. The van der Waals surface area contributed by atoms with E-state index in [1.165, 1.54) is 35.4 Å². The van der Waals surface area contributed by atoms with E-state index >= 15 is 0 Å². The maximum Gasteiger partial charge on any atom is 0.416 e. The number of rotatable bonds is 11. The molecule has 2 amide bonds. The number of nitrogens with zero attached hydrogens (tertiary/aromatic N) is 4. The zero-order valence-electron chi connectivity index (χ0n) is 29.0. The second-order valence-corrected chi connectivity index (χ2v) is 13.1. The lowest BCUT2D eigenvalue weighted by Crippen LogP contribution is -2.56. The number of hydrogen-bond acceptors (Lipinski definition) is 4. The molecule has 5 aromatic rings. The number of piperazine rings is 1. The van der Waals surface area contributed by atoms with Crippen LogP contribution in [-0.2, 0) is 35.3 Å². The lowest BCUT2D eigenvalue weighted by molar-refractivity contribution is -0.145. The molecular weight excluding hydrogens is 661 g/mol. The molecule has 1 aromatic heterocycles. The van der Waals surface area contributed by atoms with E-state index in [-0.39, 0.29) is 12.5 Å². The number of pyridine rings is 1. The first-order valence-electron chi connectivity index (χ1n) is 17.4. The smallest absolute Gasteiger partial charge is 0.338 e. The van der Waals surface area contributed by atoms with Gasteiger partial charge in [0.25, 0.3) is 0 Å². The highest BCUT2D eigenvalue weighted by Crippen LogP contribution is 2.29. The van der Waals surface area contributed by atoms with Crippen molar-refractivity contribution < 1.29 is 22.8 Å². The van der Waals surface area contributed by atoms with Crippen molar-refractivity contribution >= 4 is 17.9 Å². The van der Waals surface area contributed by atoms with Crippen molar-refractivity contribution in [3.63, 3.8) is 0 Å². The molecule has 1 aliphatic rings. The number of hydrogen-bond donors (Lipinski definition) is 0. The fraction of sp³-hybridized carbons (Fsp3) is 0.233. The molecule has 4 aromatic carbocycles. The molecule has 9 heteroatoms. The number of amides is 2. The predicted molar refractivity (Wildman–Crippen MR) is 198 cm³/mol. The Bertz CT molecular complexity index is 1940. The van der Waals surface area contributed by atoms with Crippen LogP contribution < -0.4 is 0 Å². The molecule has 6 rings (SSSR count). The van der Waals surface area contributed by atoms with E-state index < -0.39 is 23.7 Å². The molecule has 52 heavy (non-hydrogen) atoms. The second kappa shape index (κ2) is 16.7. The SMILES string of the molecule is Cc1ccc(CN2CCN(C(=O)[C@H](Cc3ccccc3)N(Cc3ccc(-c4ccccn4)cc3)C(=O)/C=C/c3ccc(C(F)(F)F)cc3)CC2)cc1. The largest absolute Gasteiger partial charge is 0.416 e. The standard InChI is InChI=1S/C43H41F3N4O2/c1-32-10-12-35(13-11-32)30-48-25-27-49(28-26-48)42(52)40(29-34-7-3-2-4-8-34)50(31-36-14-19-37(20-15-36)39-9-5-6-24-47-39)41(51)23-18-33-16-21-38(22-17-33)43(44,45)46/h2-24,40H,25-31H2,1H3/b23-18+/t40-/m0/s1. The maximum atomic E-state index is 14.6. The van der Waals surface area contributed by atoms with E-state index in [0.29, 0.717) is 38.2 Å². The molecule has 0 aliphatic carbocycles. The Kier molecular flexibility index (Phi) is 11.6. The first-order valence-corrected chi connectivity index (χ1v) is 17.4. The molecule has 0 spiro atoms. The Morgan fingerprint density at radius 2 is 1.42 bits per heavy atom. The van der Waals surface area contributed by atoms with Gasteiger partial charge in [0.15, 0.2) is 0 Å². The van der Waals surface area contributed by atoms with Crippen molar-refractivity contribution in [2.24, 2.45) is 0 Å². The van der Waals surface area contributed by atoms with Crippen LogP contribution in [-0.4, -0.2) is 63.7 Å². The first-order chi connectivity index (χ1) is 25.1. The summed E-state index contributed by atoms with van der Waals surface area (Å²) in [5, 5.41) is 0. The van der Waals surface area contributed by atoms with Gasteiger partial charge in [0.1, 0.15) is 6.04 Å². The maximum absolute atomic E-state index is 14.6. The van der Waals surface area contributed by atoms with E-state index in [0.717, 1.165) is 41.1 Å². The number of aryl methyl sites for hydroxylation is 1. The lowest BCUT2D eigenvalue weighted by atomic mass is 10.0. The Morgan fingerprint density at radius 1 is 0.769 bits per heavy atom. The predicted octanol–water partition coefficient (Wildman–Crippen LogP) is 8.07. The van der Waals surface area contributed by atoms with E-state index in [1.54, 1.807) is 11.1 Å². The highest BCUT2D eigenvalue weighted by atomic mass is 19.4. The van der Waals surface area contributed by atoms with Crippen LogP contribution >= 0.6 is 0 Å². The van der Waals surface area contributed by atoms with Crippen LogP contribution in [0.4, 0.5) is 13.2 Å². The van der Waals surface area contributed by atoms with Gasteiger partial charge in [-0.2, -0.15) is 13.2 Å². The van der Waals surface area contributed by atoms with Gasteiger partial charge in [0.05, 0.1) is 11.3 Å². The Hall–Kier alpha value is -5.54. The van der Waals surface area contributed by atoms with E-state index in [2.05, 4.69) is 41.1 Å². The molecular formula is C43H41F3N4O2. The number of halogens is 3. The van der Waals surface area contributed by atoms with Crippen LogP contribution in [0.25, 0.3) is 17.3 Å². The van der Waals surface area contributed by atoms with Gasteiger partial charge in [-0.05, 0) is 59.5 Å². The molecule has 2 heterocycles. The summed E-state index contributed by atoms with van der Waals surface area (Å²) in [7, 11) is 0. The summed E-state index contributed by atoms with van der Waals surface area (Å²) in [6.07, 6.45) is 0.408. The van der Waals surface area contributed by atoms with Crippen LogP contribution in [0.5, 0.6) is 0 Å². The van der Waals surface area contributed by atoms with E-state index in [1.807, 2.05) is 77.7 Å². The van der Waals surface area contributed by atoms with Gasteiger partial charge >= 0.3 is 6.18 Å². The highest BCUT2D eigenvalue weighted by Gasteiger charge is 2.34. The summed E-state index contributed by atoms with van der Waals surface area (Å²) in [5.41, 5.74) is 5.58. The van der Waals surface area contributed by atoms with Crippen molar-refractivity contribution in [1.82, 2.24) is 19.7 Å². The minimum Gasteiger partial charge on any atom is -0.338 e. The molecule has 1 fully saturated rings. The number of aromatic nitrogens is 1. The third-order valence-corrected chi connectivity index (χ3v) is 9.35. The topological polar surface area (TPSA) is 56.8 Å².